The summed E-state index contributed by atoms with van der Waals surface area (Å²) < 4.78 is 0. The lowest BCUT2D eigenvalue weighted by atomic mass is 10.2. The highest BCUT2D eigenvalue weighted by molar-refractivity contribution is 5.84. The van der Waals surface area contributed by atoms with Gasteiger partial charge >= 0.3 is 5.97 Å². The third-order valence-corrected chi connectivity index (χ3v) is 2.45. The van der Waals surface area contributed by atoms with E-state index in [4.69, 9.17) is 5.11 Å². The van der Waals surface area contributed by atoms with Crippen molar-refractivity contribution >= 4 is 11.9 Å². The van der Waals surface area contributed by atoms with Gasteiger partial charge in [-0.3, -0.25) is 4.79 Å². The Bertz CT molecular complexity index is 230. The van der Waals surface area contributed by atoms with E-state index in [0.29, 0.717) is 25.9 Å². The van der Waals surface area contributed by atoms with Crippen molar-refractivity contribution in [1.29, 1.82) is 0 Å². The summed E-state index contributed by atoms with van der Waals surface area (Å²) in [4.78, 5) is 23.8. The van der Waals surface area contributed by atoms with Crippen LogP contribution in [0.5, 0.6) is 0 Å². The summed E-state index contributed by atoms with van der Waals surface area (Å²) in [6.45, 7) is 1.18. The first-order valence-corrected chi connectivity index (χ1v) is 4.83. The molecule has 1 atom stereocenters. The Labute approximate surface area is 83.1 Å². The minimum absolute atomic E-state index is 0.0655. The predicted molar refractivity (Wildman–Crippen MR) is 50.9 cm³/mol. The topological polar surface area (TPSA) is 69.6 Å². The van der Waals surface area contributed by atoms with Gasteiger partial charge in [0.05, 0.1) is 0 Å². The fraction of sp³-hybridized carbons (Fsp3) is 0.778. The molecule has 14 heavy (non-hydrogen) atoms. The Hall–Kier alpha value is -1.10. The van der Waals surface area contributed by atoms with E-state index in [0.717, 1.165) is 6.42 Å². The second-order valence-electron chi connectivity index (χ2n) is 3.44. The summed E-state index contributed by atoms with van der Waals surface area (Å²) in [5.74, 6) is -0.954. The van der Waals surface area contributed by atoms with Gasteiger partial charge in [0.25, 0.3) is 0 Å². The number of nitrogens with one attached hydrogen (secondary N) is 1. The van der Waals surface area contributed by atoms with Crippen molar-refractivity contribution in [3.63, 3.8) is 0 Å². The van der Waals surface area contributed by atoms with Crippen LogP contribution in [0.15, 0.2) is 0 Å². The fourth-order valence-electron chi connectivity index (χ4n) is 1.70. The molecule has 1 aliphatic heterocycles. The van der Waals surface area contributed by atoms with Crippen molar-refractivity contribution in [3.8, 4) is 0 Å². The first kappa shape index (κ1) is 11.0. The summed E-state index contributed by atoms with van der Waals surface area (Å²) in [5.41, 5.74) is 0. The number of nitrogens with zero attached hydrogens (tertiary/aromatic N) is 1. The molecule has 0 aromatic rings. The third kappa shape index (κ3) is 2.45. The smallest absolute Gasteiger partial charge is 0.326 e. The SMILES string of the molecule is CNCCC(=O)N1CCCC1C(=O)O. The number of likely N-dealkylation sites (tertiary alicyclic amines) is 1. The molecule has 5 heteroatoms. The van der Waals surface area contributed by atoms with Crippen molar-refractivity contribution in [3.05, 3.63) is 0 Å². The van der Waals surface area contributed by atoms with Crippen LogP contribution in [-0.4, -0.2) is 48.1 Å². The molecular weight excluding hydrogens is 184 g/mol. The van der Waals surface area contributed by atoms with E-state index in [-0.39, 0.29) is 5.91 Å². The molecule has 0 saturated carbocycles. The zero-order chi connectivity index (χ0) is 10.6. The molecular formula is C9H16N2O3. The molecule has 0 aromatic carbocycles. The Morgan fingerprint density at radius 2 is 2.29 bits per heavy atom. The predicted octanol–water partition coefficient (Wildman–Crippen LogP) is -0.328. The second-order valence-corrected chi connectivity index (χ2v) is 3.44. The normalized spacial score (nSPS) is 21.2. The molecule has 0 aromatic heterocycles. The third-order valence-electron chi connectivity index (χ3n) is 2.45. The van der Waals surface area contributed by atoms with Crippen molar-refractivity contribution in [1.82, 2.24) is 10.2 Å². The number of rotatable bonds is 4. The average molecular weight is 200 g/mol. The number of carbonyl (C=O) groups excluding carboxylic acids is 1. The minimum Gasteiger partial charge on any atom is -0.480 e. The first-order valence-electron chi connectivity index (χ1n) is 4.83. The molecule has 1 rings (SSSR count). The molecule has 1 saturated heterocycles. The summed E-state index contributed by atoms with van der Waals surface area (Å²) in [6.07, 6.45) is 1.75. The number of hydrogen-bond acceptors (Lipinski definition) is 3. The van der Waals surface area contributed by atoms with Crippen molar-refractivity contribution in [2.45, 2.75) is 25.3 Å². The van der Waals surface area contributed by atoms with Gasteiger partial charge in [0.2, 0.25) is 5.91 Å². The van der Waals surface area contributed by atoms with Crippen LogP contribution in [0.3, 0.4) is 0 Å². The summed E-state index contributed by atoms with van der Waals surface area (Å²) in [7, 11) is 1.77. The largest absolute Gasteiger partial charge is 0.480 e. The maximum Gasteiger partial charge on any atom is 0.326 e. The van der Waals surface area contributed by atoms with Gasteiger partial charge in [0.15, 0.2) is 0 Å². The summed E-state index contributed by atoms with van der Waals surface area (Å²) in [6, 6.07) is -0.598. The van der Waals surface area contributed by atoms with Gasteiger partial charge in [-0.1, -0.05) is 0 Å². The molecule has 1 heterocycles. The Balaban J connectivity index is 2.49. The van der Waals surface area contributed by atoms with E-state index in [1.807, 2.05) is 0 Å². The molecule has 0 radical (unpaired) electrons. The maximum absolute atomic E-state index is 11.5. The van der Waals surface area contributed by atoms with E-state index in [9.17, 15) is 9.59 Å². The summed E-state index contributed by atoms with van der Waals surface area (Å²) >= 11 is 0. The van der Waals surface area contributed by atoms with Crippen LogP contribution < -0.4 is 5.32 Å². The Morgan fingerprint density at radius 3 is 2.86 bits per heavy atom. The zero-order valence-corrected chi connectivity index (χ0v) is 8.32. The summed E-state index contributed by atoms with van der Waals surface area (Å²) in [5, 5.41) is 11.7. The van der Waals surface area contributed by atoms with Gasteiger partial charge in [0.1, 0.15) is 6.04 Å². The molecule has 1 fully saturated rings. The van der Waals surface area contributed by atoms with Gasteiger partial charge in [-0.25, -0.2) is 4.79 Å². The van der Waals surface area contributed by atoms with E-state index < -0.39 is 12.0 Å². The van der Waals surface area contributed by atoms with Crippen LogP contribution in [0.4, 0.5) is 0 Å². The van der Waals surface area contributed by atoms with Crippen LogP contribution in [0.1, 0.15) is 19.3 Å². The fourth-order valence-corrected chi connectivity index (χ4v) is 1.70. The molecule has 1 unspecified atom stereocenters. The Morgan fingerprint density at radius 1 is 1.57 bits per heavy atom. The van der Waals surface area contributed by atoms with Gasteiger partial charge in [-0.05, 0) is 19.9 Å². The van der Waals surface area contributed by atoms with Gasteiger partial charge in [0, 0.05) is 19.5 Å². The highest BCUT2D eigenvalue weighted by Crippen LogP contribution is 2.17. The van der Waals surface area contributed by atoms with Crippen LogP contribution in [0.2, 0.25) is 0 Å². The number of carboxylic acids is 1. The van der Waals surface area contributed by atoms with Crippen molar-refractivity contribution < 1.29 is 14.7 Å². The second kappa shape index (κ2) is 4.95. The molecule has 80 valence electrons. The average Bonchev–Trinajstić information content (AvgIpc) is 2.62. The molecule has 0 bridgehead atoms. The number of aliphatic carboxylic acids is 1. The van der Waals surface area contributed by atoms with E-state index in [1.54, 1.807) is 7.05 Å². The quantitative estimate of drug-likeness (QED) is 0.652. The van der Waals surface area contributed by atoms with Gasteiger partial charge in [-0.15, -0.1) is 0 Å². The lowest BCUT2D eigenvalue weighted by Crippen LogP contribution is -2.41. The van der Waals surface area contributed by atoms with Crippen LogP contribution >= 0.6 is 0 Å². The molecule has 0 spiro atoms. The number of carbonyl (C=O) groups is 2. The Kier molecular flexibility index (Phi) is 3.88. The molecule has 2 N–H and O–H groups in total. The van der Waals surface area contributed by atoms with E-state index in [2.05, 4.69) is 5.32 Å². The highest BCUT2D eigenvalue weighted by atomic mass is 16.4. The maximum atomic E-state index is 11.5. The highest BCUT2D eigenvalue weighted by Gasteiger charge is 2.33. The molecule has 1 aliphatic rings. The molecule has 5 nitrogen and oxygen atoms in total. The van der Waals surface area contributed by atoms with Crippen LogP contribution in [0, 0.1) is 0 Å². The van der Waals surface area contributed by atoms with E-state index in [1.165, 1.54) is 4.90 Å². The van der Waals surface area contributed by atoms with Crippen molar-refractivity contribution in [2.75, 3.05) is 20.1 Å². The standard InChI is InChI=1S/C9H16N2O3/c1-10-5-4-8(12)11-6-2-3-7(11)9(13)14/h7,10H,2-6H2,1H3,(H,13,14). The number of carboxylic acid groups (broad SMARTS) is 1. The lowest BCUT2D eigenvalue weighted by molar-refractivity contribution is -0.148. The number of hydrogen-bond donors (Lipinski definition) is 2. The molecule has 0 aliphatic carbocycles. The van der Waals surface area contributed by atoms with Gasteiger partial charge < -0.3 is 15.3 Å². The number of amides is 1. The first-order chi connectivity index (χ1) is 6.66. The van der Waals surface area contributed by atoms with E-state index >= 15 is 0 Å². The minimum atomic E-state index is -0.889. The zero-order valence-electron chi connectivity index (χ0n) is 8.32. The van der Waals surface area contributed by atoms with Crippen LogP contribution in [-0.2, 0) is 9.59 Å². The van der Waals surface area contributed by atoms with Crippen LogP contribution in [0.25, 0.3) is 0 Å². The van der Waals surface area contributed by atoms with Crippen molar-refractivity contribution in [2.24, 2.45) is 0 Å². The molecule has 1 amide bonds. The van der Waals surface area contributed by atoms with Gasteiger partial charge in [-0.2, -0.15) is 0 Å². The lowest BCUT2D eigenvalue weighted by Gasteiger charge is -2.21. The monoisotopic (exact) mass is 200 g/mol.